The molecule has 1 N–H and O–H groups in total. The van der Waals surface area contributed by atoms with E-state index in [1.807, 2.05) is 23.1 Å². The van der Waals surface area contributed by atoms with Crippen molar-refractivity contribution in [3.8, 4) is 5.82 Å². The minimum absolute atomic E-state index is 0.0131. The minimum Gasteiger partial charge on any atom is -0.335 e. The fourth-order valence-corrected chi connectivity index (χ4v) is 3.04. The Labute approximate surface area is 145 Å². The second kappa shape index (κ2) is 6.82. The third-order valence-electron chi connectivity index (χ3n) is 4.34. The molecule has 3 aromatic rings. The number of hydrogen-bond donors (Lipinski definition) is 1. The Bertz CT molecular complexity index is 849. The summed E-state index contributed by atoms with van der Waals surface area (Å²) in [6.07, 6.45) is 4.76. The summed E-state index contributed by atoms with van der Waals surface area (Å²) in [6, 6.07) is 13.9. The van der Waals surface area contributed by atoms with Crippen molar-refractivity contribution in [1.29, 1.82) is 0 Å². The van der Waals surface area contributed by atoms with Crippen molar-refractivity contribution in [1.82, 2.24) is 30.0 Å². The average molecular weight is 334 g/mol. The summed E-state index contributed by atoms with van der Waals surface area (Å²) in [5.41, 5.74) is 1.81. The van der Waals surface area contributed by atoms with Gasteiger partial charge >= 0.3 is 0 Å². The standard InChI is InChI=1S/C18H18N6O/c25-18(15-6-7-20-17(10-15)24-12-21-22-13-24)23-9-8-19-16(11-23)14-4-2-1-3-5-14/h1-7,10,12-13,16,19H,8-9,11H2. The monoisotopic (exact) mass is 334 g/mol. The molecular weight excluding hydrogens is 316 g/mol. The lowest BCUT2D eigenvalue weighted by molar-refractivity contribution is 0.0703. The zero-order valence-electron chi connectivity index (χ0n) is 13.6. The van der Waals surface area contributed by atoms with Crippen LogP contribution in [0.15, 0.2) is 61.3 Å². The van der Waals surface area contributed by atoms with Crippen LogP contribution < -0.4 is 5.32 Å². The Morgan fingerprint density at radius 1 is 1.12 bits per heavy atom. The molecule has 1 amide bonds. The highest BCUT2D eigenvalue weighted by Gasteiger charge is 2.25. The Kier molecular flexibility index (Phi) is 4.22. The molecule has 1 atom stereocenters. The Balaban J connectivity index is 1.53. The molecular formula is C18H18N6O. The van der Waals surface area contributed by atoms with Crippen LogP contribution in [0.5, 0.6) is 0 Å². The summed E-state index contributed by atoms with van der Waals surface area (Å²) < 4.78 is 1.68. The van der Waals surface area contributed by atoms with E-state index in [-0.39, 0.29) is 11.9 Å². The molecule has 1 aromatic carbocycles. The fourth-order valence-electron chi connectivity index (χ4n) is 3.04. The molecule has 126 valence electrons. The van der Waals surface area contributed by atoms with Crippen LogP contribution in [0.2, 0.25) is 0 Å². The van der Waals surface area contributed by atoms with Gasteiger partial charge in [-0.25, -0.2) is 4.98 Å². The van der Waals surface area contributed by atoms with Gasteiger partial charge in [-0.3, -0.25) is 9.36 Å². The van der Waals surface area contributed by atoms with Gasteiger partial charge in [0.1, 0.15) is 18.5 Å². The van der Waals surface area contributed by atoms with Crippen LogP contribution >= 0.6 is 0 Å². The van der Waals surface area contributed by atoms with Crippen molar-refractivity contribution in [3.63, 3.8) is 0 Å². The Morgan fingerprint density at radius 3 is 2.72 bits per heavy atom. The summed E-state index contributed by atoms with van der Waals surface area (Å²) in [5, 5.41) is 11.0. The number of piperazine rings is 1. The third kappa shape index (κ3) is 3.27. The molecule has 1 fully saturated rings. The summed E-state index contributed by atoms with van der Waals surface area (Å²) >= 11 is 0. The van der Waals surface area contributed by atoms with E-state index in [0.717, 1.165) is 6.54 Å². The van der Waals surface area contributed by atoms with E-state index in [0.29, 0.717) is 24.5 Å². The average Bonchev–Trinajstić information content (AvgIpc) is 3.23. The maximum Gasteiger partial charge on any atom is 0.254 e. The molecule has 0 radical (unpaired) electrons. The number of hydrogen-bond acceptors (Lipinski definition) is 5. The summed E-state index contributed by atoms with van der Waals surface area (Å²) in [7, 11) is 0. The highest BCUT2D eigenvalue weighted by Crippen LogP contribution is 2.19. The second-order valence-electron chi connectivity index (χ2n) is 5.94. The predicted molar refractivity (Wildman–Crippen MR) is 92.2 cm³/mol. The van der Waals surface area contributed by atoms with Crippen LogP contribution in [0.1, 0.15) is 22.0 Å². The molecule has 2 aromatic heterocycles. The number of nitrogens with one attached hydrogen (secondary N) is 1. The topological polar surface area (TPSA) is 75.9 Å². The van der Waals surface area contributed by atoms with Gasteiger partial charge in [-0.15, -0.1) is 10.2 Å². The Morgan fingerprint density at radius 2 is 1.92 bits per heavy atom. The van der Waals surface area contributed by atoms with Gasteiger partial charge in [-0.2, -0.15) is 0 Å². The molecule has 3 heterocycles. The number of benzene rings is 1. The van der Waals surface area contributed by atoms with Crippen molar-refractivity contribution in [3.05, 3.63) is 72.4 Å². The van der Waals surface area contributed by atoms with Gasteiger partial charge < -0.3 is 10.2 Å². The SMILES string of the molecule is O=C(c1ccnc(-n2cnnc2)c1)N1CCNC(c2ccccc2)C1. The summed E-state index contributed by atoms with van der Waals surface area (Å²) in [4.78, 5) is 19.1. The molecule has 7 heteroatoms. The van der Waals surface area contributed by atoms with Crippen molar-refractivity contribution >= 4 is 5.91 Å². The number of carbonyl (C=O) groups excluding carboxylic acids is 1. The second-order valence-corrected chi connectivity index (χ2v) is 5.94. The highest BCUT2D eigenvalue weighted by atomic mass is 16.2. The first kappa shape index (κ1) is 15.5. The quantitative estimate of drug-likeness (QED) is 0.784. The van der Waals surface area contributed by atoms with Crippen LogP contribution in [0.4, 0.5) is 0 Å². The van der Waals surface area contributed by atoms with Crippen LogP contribution in [-0.4, -0.2) is 50.2 Å². The van der Waals surface area contributed by atoms with E-state index in [4.69, 9.17) is 0 Å². The normalized spacial score (nSPS) is 17.4. The molecule has 0 spiro atoms. The van der Waals surface area contributed by atoms with E-state index in [1.165, 1.54) is 5.56 Å². The van der Waals surface area contributed by atoms with Gasteiger partial charge in [0.05, 0.1) is 0 Å². The molecule has 1 unspecified atom stereocenters. The minimum atomic E-state index is 0.0131. The Hall–Kier alpha value is -3.06. The number of nitrogens with zero attached hydrogens (tertiary/aromatic N) is 5. The van der Waals surface area contributed by atoms with Gasteiger partial charge in [0.15, 0.2) is 0 Å². The lowest BCUT2D eigenvalue weighted by Gasteiger charge is -2.34. The van der Waals surface area contributed by atoms with Gasteiger partial charge in [0.2, 0.25) is 0 Å². The first-order valence-corrected chi connectivity index (χ1v) is 8.20. The molecule has 25 heavy (non-hydrogen) atoms. The molecule has 0 aliphatic carbocycles. The summed E-state index contributed by atoms with van der Waals surface area (Å²) in [5.74, 6) is 0.643. The van der Waals surface area contributed by atoms with Crippen molar-refractivity contribution < 1.29 is 4.79 Å². The van der Waals surface area contributed by atoms with E-state index < -0.39 is 0 Å². The largest absolute Gasteiger partial charge is 0.335 e. The summed E-state index contributed by atoms with van der Waals surface area (Å²) in [6.45, 7) is 2.11. The molecule has 1 saturated heterocycles. The number of carbonyl (C=O) groups is 1. The van der Waals surface area contributed by atoms with Crippen molar-refractivity contribution in [2.75, 3.05) is 19.6 Å². The first-order chi connectivity index (χ1) is 12.3. The molecule has 4 rings (SSSR count). The van der Waals surface area contributed by atoms with E-state index in [1.54, 1.807) is 35.6 Å². The maximum absolute atomic E-state index is 12.9. The fraction of sp³-hybridized carbons (Fsp3) is 0.222. The molecule has 0 bridgehead atoms. The zero-order valence-corrected chi connectivity index (χ0v) is 13.6. The van der Waals surface area contributed by atoms with Crippen molar-refractivity contribution in [2.24, 2.45) is 0 Å². The van der Waals surface area contributed by atoms with Gasteiger partial charge in [0.25, 0.3) is 5.91 Å². The van der Waals surface area contributed by atoms with Gasteiger partial charge in [-0.1, -0.05) is 30.3 Å². The number of rotatable bonds is 3. The van der Waals surface area contributed by atoms with E-state index in [2.05, 4.69) is 32.6 Å². The van der Waals surface area contributed by atoms with E-state index in [9.17, 15) is 4.79 Å². The zero-order chi connectivity index (χ0) is 17.1. The molecule has 0 saturated carbocycles. The predicted octanol–water partition coefficient (Wildman–Crippen LogP) is 1.45. The lowest BCUT2D eigenvalue weighted by Crippen LogP contribution is -2.48. The van der Waals surface area contributed by atoms with E-state index >= 15 is 0 Å². The number of pyridine rings is 1. The van der Waals surface area contributed by atoms with Gasteiger partial charge in [-0.05, 0) is 17.7 Å². The van der Waals surface area contributed by atoms with Crippen molar-refractivity contribution in [2.45, 2.75) is 6.04 Å². The highest BCUT2D eigenvalue weighted by molar-refractivity contribution is 5.94. The first-order valence-electron chi connectivity index (χ1n) is 8.20. The van der Waals surface area contributed by atoms with Crippen LogP contribution in [0, 0.1) is 0 Å². The smallest absolute Gasteiger partial charge is 0.254 e. The van der Waals surface area contributed by atoms with Crippen LogP contribution in [0.25, 0.3) is 5.82 Å². The third-order valence-corrected chi connectivity index (χ3v) is 4.34. The number of aromatic nitrogens is 4. The maximum atomic E-state index is 12.9. The molecule has 1 aliphatic heterocycles. The van der Waals surface area contributed by atoms with Crippen LogP contribution in [0.3, 0.4) is 0 Å². The van der Waals surface area contributed by atoms with Gasteiger partial charge in [0, 0.05) is 37.4 Å². The van der Waals surface area contributed by atoms with Crippen LogP contribution in [-0.2, 0) is 0 Å². The molecule has 7 nitrogen and oxygen atoms in total. The number of amides is 1. The lowest BCUT2D eigenvalue weighted by atomic mass is 10.0. The molecule has 1 aliphatic rings.